The van der Waals surface area contributed by atoms with Crippen molar-refractivity contribution in [2.24, 2.45) is 0 Å². The maximum Gasteiger partial charge on any atom is 0.337 e. The molecule has 6 heteroatoms. The van der Waals surface area contributed by atoms with Gasteiger partial charge in [-0.15, -0.1) is 0 Å². The molecular formula is C18H20N2O4. The molecule has 1 aromatic heterocycles. The normalized spacial score (nSPS) is 10.4. The van der Waals surface area contributed by atoms with E-state index in [9.17, 15) is 9.59 Å². The lowest BCUT2D eigenvalue weighted by Gasteiger charge is -2.16. The Hall–Kier alpha value is -2.89. The van der Waals surface area contributed by atoms with Crippen LogP contribution in [0.4, 0.5) is 5.69 Å². The van der Waals surface area contributed by atoms with Crippen molar-refractivity contribution in [2.45, 2.75) is 27.7 Å². The molecule has 1 heterocycles. The molecule has 0 aliphatic heterocycles. The van der Waals surface area contributed by atoms with Crippen LogP contribution in [0.3, 0.4) is 0 Å². The largest absolute Gasteiger partial charge is 0.496 e. The Morgan fingerprint density at radius 2 is 1.79 bits per heavy atom. The molecule has 126 valence electrons. The molecule has 0 unspecified atom stereocenters. The summed E-state index contributed by atoms with van der Waals surface area (Å²) in [5.41, 5.74) is 4.00. The summed E-state index contributed by atoms with van der Waals surface area (Å²) in [5.74, 6) is -0.682. The van der Waals surface area contributed by atoms with E-state index in [0.29, 0.717) is 11.4 Å². The zero-order valence-electron chi connectivity index (χ0n) is 14.4. The third-order valence-electron chi connectivity index (χ3n) is 4.06. The number of rotatable bonds is 4. The number of ether oxygens (including phenoxy) is 1. The summed E-state index contributed by atoms with van der Waals surface area (Å²) in [6, 6.07) is 4.66. The van der Waals surface area contributed by atoms with Crippen molar-refractivity contribution >= 4 is 17.6 Å². The monoisotopic (exact) mass is 328 g/mol. The van der Waals surface area contributed by atoms with E-state index in [-0.39, 0.29) is 17.2 Å². The second-order valence-corrected chi connectivity index (χ2v) is 5.61. The number of methoxy groups -OCH3 is 1. The first-order chi connectivity index (χ1) is 11.3. The molecular weight excluding hydrogens is 308 g/mol. The molecule has 2 rings (SSSR count). The number of amides is 1. The number of aromatic nitrogens is 1. The van der Waals surface area contributed by atoms with E-state index < -0.39 is 5.97 Å². The Morgan fingerprint density at radius 3 is 2.33 bits per heavy atom. The van der Waals surface area contributed by atoms with E-state index in [1.165, 1.54) is 12.1 Å². The number of carboxylic acids is 1. The summed E-state index contributed by atoms with van der Waals surface area (Å²) >= 11 is 0. The number of aryl methyl sites for hydroxylation is 2. The summed E-state index contributed by atoms with van der Waals surface area (Å²) in [4.78, 5) is 27.6. The highest BCUT2D eigenvalue weighted by Crippen LogP contribution is 2.31. The van der Waals surface area contributed by atoms with E-state index in [1.807, 2.05) is 26.8 Å². The van der Waals surface area contributed by atoms with Crippen LogP contribution in [0.5, 0.6) is 5.75 Å². The van der Waals surface area contributed by atoms with Crippen LogP contribution < -0.4 is 10.1 Å². The quantitative estimate of drug-likeness (QED) is 0.899. The lowest BCUT2D eigenvalue weighted by molar-refractivity contribution is 0.0695. The van der Waals surface area contributed by atoms with Gasteiger partial charge < -0.3 is 15.2 Å². The fourth-order valence-corrected chi connectivity index (χ4v) is 2.54. The summed E-state index contributed by atoms with van der Waals surface area (Å²) in [5, 5.41) is 11.9. The third kappa shape index (κ3) is 3.22. The first-order valence-electron chi connectivity index (χ1n) is 7.43. The maximum atomic E-state index is 12.5. The summed E-state index contributed by atoms with van der Waals surface area (Å²) in [6.45, 7) is 7.28. The van der Waals surface area contributed by atoms with E-state index in [2.05, 4.69) is 10.3 Å². The van der Waals surface area contributed by atoms with Crippen molar-refractivity contribution in [3.05, 3.63) is 51.8 Å². The zero-order chi connectivity index (χ0) is 18.0. The number of aromatic carboxylic acids is 1. The van der Waals surface area contributed by atoms with Crippen LogP contribution in [0.15, 0.2) is 18.2 Å². The number of benzene rings is 1. The van der Waals surface area contributed by atoms with Crippen molar-refractivity contribution in [3.63, 3.8) is 0 Å². The Labute approximate surface area is 140 Å². The maximum absolute atomic E-state index is 12.5. The standard InChI is InChI=1S/C18H20N2O4/c1-9-8-15(24-5)10(2)11(3)16(9)20-17(21)14-7-6-13(18(22)23)12(4)19-14/h6-8H,1-5H3,(H,20,21)(H,22,23). The minimum Gasteiger partial charge on any atom is -0.496 e. The molecule has 0 atom stereocenters. The molecule has 1 amide bonds. The number of carbonyl (C=O) groups excluding carboxylic acids is 1. The molecule has 0 radical (unpaired) electrons. The van der Waals surface area contributed by atoms with E-state index in [1.54, 1.807) is 14.0 Å². The molecule has 0 fully saturated rings. The molecule has 1 aromatic carbocycles. The van der Waals surface area contributed by atoms with Gasteiger partial charge in [-0.2, -0.15) is 0 Å². The van der Waals surface area contributed by atoms with Crippen LogP contribution in [-0.2, 0) is 0 Å². The number of hydrogen-bond acceptors (Lipinski definition) is 4. The third-order valence-corrected chi connectivity index (χ3v) is 4.06. The molecule has 0 aliphatic rings. The highest BCUT2D eigenvalue weighted by Gasteiger charge is 2.17. The molecule has 2 aromatic rings. The number of carbonyl (C=O) groups is 2. The predicted molar refractivity (Wildman–Crippen MR) is 91.1 cm³/mol. The molecule has 0 spiro atoms. The van der Waals surface area contributed by atoms with Gasteiger partial charge in [0.05, 0.1) is 18.4 Å². The van der Waals surface area contributed by atoms with Gasteiger partial charge in [-0.3, -0.25) is 4.79 Å². The van der Waals surface area contributed by atoms with Crippen molar-refractivity contribution in [1.82, 2.24) is 4.98 Å². The summed E-state index contributed by atoms with van der Waals surface area (Å²) in [7, 11) is 1.61. The van der Waals surface area contributed by atoms with Gasteiger partial charge >= 0.3 is 5.97 Å². The van der Waals surface area contributed by atoms with Crippen LogP contribution in [0.2, 0.25) is 0 Å². The van der Waals surface area contributed by atoms with Crippen molar-refractivity contribution < 1.29 is 19.4 Å². The van der Waals surface area contributed by atoms with Gasteiger partial charge in [0.25, 0.3) is 5.91 Å². The number of nitrogens with zero attached hydrogens (tertiary/aromatic N) is 1. The Bertz CT molecular complexity index is 828. The lowest BCUT2D eigenvalue weighted by atomic mass is 10.0. The molecule has 2 N–H and O–H groups in total. The van der Waals surface area contributed by atoms with Crippen molar-refractivity contribution in [3.8, 4) is 5.75 Å². The summed E-state index contributed by atoms with van der Waals surface area (Å²) < 4.78 is 5.32. The number of anilines is 1. The van der Waals surface area contributed by atoms with Crippen molar-refractivity contribution in [2.75, 3.05) is 12.4 Å². The van der Waals surface area contributed by atoms with E-state index >= 15 is 0 Å². The minimum atomic E-state index is -1.07. The second-order valence-electron chi connectivity index (χ2n) is 5.61. The SMILES string of the molecule is COc1cc(C)c(NC(=O)c2ccc(C(=O)O)c(C)n2)c(C)c1C. The second kappa shape index (κ2) is 6.70. The molecule has 0 aliphatic carbocycles. The molecule has 24 heavy (non-hydrogen) atoms. The van der Waals surface area contributed by atoms with Crippen LogP contribution in [-0.4, -0.2) is 29.1 Å². The van der Waals surface area contributed by atoms with Gasteiger partial charge in [0.2, 0.25) is 0 Å². The number of carboxylic acid groups (broad SMARTS) is 1. The highest BCUT2D eigenvalue weighted by molar-refractivity contribution is 6.04. The highest BCUT2D eigenvalue weighted by atomic mass is 16.5. The van der Waals surface area contributed by atoms with E-state index in [0.717, 1.165) is 22.4 Å². The Kier molecular flexibility index (Phi) is 4.87. The van der Waals surface area contributed by atoms with Gasteiger partial charge in [-0.25, -0.2) is 9.78 Å². The number of pyridine rings is 1. The van der Waals surface area contributed by atoms with Crippen LogP contribution in [0.1, 0.15) is 43.2 Å². The average molecular weight is 328 g/mol. The fraction of sp³-hybridized carbons (Fsp3) is 0.278. The Morgan fingerprint density at radius 1 is 1.12 bits per heavy atom. The van der Waals surface area contributed by atoms with Crippen LogP contribution in [0.25, 0.3) is 0 Å². The molecule has 6 nitrogen and oxygen atoms in total. The van der Waals surface area contributed by atoms with Crippen LogP contribution >= 0.6 is 0 Å². The van der Waals surface area contributed by atoms with Gasteiger partial charge in [0, 0.05) is 5.69 Å². The molecule has 0 saturated carbocycles. The topological polar surface area (TPSA) is 88.5 Å². The van der Waals surface area contributed by atoms with Gasteiger partial charge in [-0.1, -0.05) is 0 Å². The smallest absolute Gasteiger partial charge is 0.337 e. The van der Waals surface area contributed by atoms with Gasteiger partial charge in [0.1, 0.15) is 11.4 Å². The Balaban J connectivity index is 2.35. The average Bonchev–Trinajstić information content (AvgIpc) is 2.54. The number of nitrogens with one attached hydrogen (secondary N) is 1. The first kappa shape index (κ1) is 17.5. The van der Waals surface area contributed by atoms with Crippen molar-refractivity contribution in [1.29, 1.82) is 0 Å². The molecule has 0 bridgehead atoms. The predicted octanol–water partition coefficient (Wildman–Crippen LogP) is 3.27. The van der Waals surface area contributed by atoms with E-state index in [4.69, 9.17) is 9.84 Å². The lowest BCUT2D eigenvalue weighted by Crippen LogP contribution is -2.17. The van der Waals surface area contributed by atoms with Gasteiger partial charge in [0.15, 0.2) is 0 Å². The van der Waals surface area contributed by atoms with Gasteiger partial charge in [-0.05, 0) is 62.6 Å². The fourth-order valence-electron chi connectivity index (χ4n) is 2.54. The minimum absolute atomic E-state index is 0.0826. The number of hydrogen-bond donors (Lipinski definition) is 2. The molecule has 0 saturated heterocycles. The van der Waals surface area contributed by atoms with Crippen LogP contribution in [0, 0.1) is 27.7 Å². The summed E-state index contributed by atoms with van der Waals surface area (Å²) in [6.07, 6.45) is 0. The zero-order valence-corrected chi connectivity index (χ0v) is 14.4. The first-order valence-corrected chi connectivity index (χ1v) is 7.43.